The van der Waals surface area contributed by atoms with E-state index >= 15 is 0 Å². The van der Waals surface area contributed by atoms with E-state index in [9.17, 15) is 9.59 Å². The summed E-state index contributed by atoms with van der Waals surface area (Å²) in [6.45, 7) is 7.92. The lowest BCUT2D eigenvalue weighted by atomic mass is 10.0. The van der Waals surface area contributed by atoms with E-state index < -0.39 is 0 Å². The molecule has 0 saturated carbocycles. The van der Waals surface area contributed by atoms with Crippen molar-refractivity contribution in [3.05, 3.63) is 95.3 Å². The van der Waals surface area contributed by atoms with Crippen LogP contribution in [-0.4, -0.2) is 23.3 Å². The number of hydrogen-bond donors (Lipinski definition) is 0. The predicted octanol–water partition coefficient (Wildman–Crippen LogP) is 5.48. The number of pyridine rings is 1. The molecular formula is C36H49IN2O3. The van der Waals surface area contributed by atoms with Gasteiger partial charge < -0.3 is 28.7 Å². The van der Waals surface area contributed by atoms with Gasteiger partial charge in [0.15, 0.2) is 6.20 Å². The molecule has 1 heterocycles. The standard InChI is InChI=1S/C36H49N2O3.HI/c1-4-6-7-8-9-10-11-12-13-19-28-41-34-25-20-24-33(30(34)3)36(40)38(35(39)31-21-15-14-16-22-31)29-32-23-17-18-27-37(32)26-5-2;/h14-18,20-25,27H,4-13,19,26,28-29H2,1-3H3;1H/q+1;/p-1. The third kappa shape index (κ3) is 11.2. The summed E-state index contributed by atoms with van der Waals surface area (Å²) in [4.78, 5) is 29.1. The Balaban J connectivity index is 0.00000616. The highest BCUT2D eigenvalue weighted by atomic mass is 127. The number of benzene rings is 2. The molecule has 0 saturated heterocycles. The number of unbranched alkanes of at least 4 members (excludes halogenated alkanes) is 9. The Morgan fingerprint density at radius 3 is 2.02 bits per heavy atom. The highest BCUT2D eigenvalue weighted by molar-refractivity contribution is 6.10. The van der Waals surface area contributed by atoms with E-state index in [4.69, 9.17) is 4.74 Å². The molecule has 0 N–H and O–H groups in total. The van der Waals surface area contributed by atoms with Crippen LogP contribution in [0.4, 0.5) is 0 Å². The second-order valence-corrected chi connectivity index (χ2v) is 10.9. The van der Waals surface area contributed by atoms with Crippen molar-refractivity contribution in [3.8, 4) is 5.75 Å². The fourth-order valence-electron chi connectivity index (χ4n) is 5.17. The van der Waals surface area contributed by atoms with Gasteiger partial charge in [0.25, 0.3) is 11.8 Å². The van der Waals surface area contributed by atoms with Crippen LogP contribution in [0.1, 0.15) is 116 Å². The van der Waals surface area contributed by atoms with E-state index in [-0.39, 0.29) is 42.3 Å². The molecule has 5 nitrogen and oxygen atoms in total. The summed E-state index contributed by atoms with van der Waals surface area (Å²) >= 11 is 0. The van der Waals surface area contributed by atoms with Crippen molar-refractivity contribution in [3.63, 3.8) is 0 Å². The van der Waals surface area contributed by atoms with Crippen molar-refractivity contribution < 1.29 is 42.9 Å². The van der Waals surface area contributed by atoms with E-state index in [1.54, 1.807) is 18.2 Å². The molecule has 228 valence electrons. The van der Waals surface area contributed by atoms with E-state index in [2.05, 4.69) is 18.4 Å². The van der Waals surface area contributed by atoms with Gasteiger partial charge in [-0.1, -0.05) is 102 Å². The van der Waals surface area contributed by atoms with Crippen molar-refractivity contribution in [1.82, 2.24) is 4.90 Å². The maximum atomic E-state index is 14.0. The third-order valence-corrected chi connectivity index (χ3v) is 7.60. The van der Waals surface area contributed by atoms with Gasteiger partial charge in [-0.05, 0) is 37.6 Å². The van der Waals surface area contributed by atoms with Crippen LogP contribution in [0, 0.1) is 6.92 Å². The number of amides is 2. The average Bonchev–Trinajstić information content (AvgIpc) is 3.00. The molecule has 2 aromatic carbocycles. The Kier molecular flexibility index (Phi) is 17.1. The van der Waals surface area contributed by atoms with Crippen LogP contribution >= 0.6 is 0 Å². The van der Waals surface area contributed by atoms with Crippen molar-refractivity contribution in [2.45, 2.75) is 104 Å². The summed E-state index contributed by atoms with van der Waals surface area (Å²) in [5.74, 6) is 0.0888. The smallest absolute Gasteiger partial charge is 0.261 e. The topological polar surface area (TPSA) is 50.5 Å². The molecule has 1 aromatic heterocycles. The molecule has 0 bridgehead atoms. The van der Waals surface area contributed by atoms with Crippen LogP contribution in [0.25, 0.3) is 0 Å². The lowest BCUT2D eigenvalue weighted by Crippen LogP contribution is -3.00. The summed E-state index contributed by atoms with van der Waals surface area (Å²) in [7, 11) is 0. The predicted molar refractivity (Wildman–Crippen MR) is 166 cm³/mol. The summed E-state index contributed by atoms with van der Waals surface area (Å²) in [5.41, 5.74) is 2.67. The first-order valence-corrected chi connectivity index (χ1v) is 15.7. The Hall–Kier alpha value is -2.74. The monoisotopic (exact) mass is 684 g/mol. The van der Waals surface area contributed by atoms with E-state index in [1.165, 1.54) is 56.3 Å². The zero-order valence-corrected chi connectivity index (χ0v) is 28.0. The van der Waals surface area contributed by atoms with Gasteiger partial charge in [-0.3, -0.25) is 14.5 Å². The number of ether oxygens (including phenoxy) is 1. The first kappa shape index (κ1) is 35.5. The maximum absolute atomic E-state index is 14.0. The fraction of sp³-hybridized carbons (Fsp3) is 0.472. The number of carbonyl (C=O) groups excluding carboxylic acids is 2. The van der Waals surface area contributed by atoms with Crippen LogP contribution in [0.5, 0.6) is 5.75 Å². The highest BCUT2D eigenvalue weighted by Gasteiger charge is 2.29. The number of imide groups is 1. The fourth-order valence-corrected chi connectivity index (χ4v) is 5.17. The van der Waals surface area contributed by atoms with Gasteiger partial charge in [0.1, 0.15) is 18.8 Å². The Morgan fingerprint density at radius 1 is 0.714 bits per heavy atom. The molecular weight excluding hydrogens is 635 g/mol. The lowest BCUT2D eigenvalue weighted by molar-refractivity contribution is -0.704. The zero-order valence-electron chi connectivity index (χ0n) is 25.8. The largest absolute Gasteiger partial charge is 1.00 e. The van der Waals surface area contributed by atoms with Gasteiger partial charge in [-0.2, -0.15) is 0 Å². The average molecular weight is 685 g/mol. The van der Waals surface area contributed by atoms with Crippen molar-refractivity contribution in [1.29, 1.82) is 0 Å². The molecule has 0 spiro atoms. The lowest BCUT2D eigenvalue weighted by Gasteiger charge is -2.22. The second-order valence-electron chi connectivity index (χ2n) is 10.9. The molecule has 0 atom stereocenters. The number of rotatable bonds is 18. The molecule has 6 heteroatoms. The number of halogens is 1. The first-order valence-electron chi connectivity index (χ1n) is 15.7. The molecule has 42 heavy (non-hydrogen) atoms. The SMILES string of the molecule is CCCCCCCCCCCCOc1cccc(C(=O)N(Cc2cccc[n+]2CCC)C(=O)c2ccccc2)c1C.[I-]. The minimum absolute atomic E-state index is 0. The van der Waals surface area contributed by atoms with Crippen LogP contribution in [0.3, 0.4) is 0 Å². The highest BCUT2D eigenvalue weighted by Crippen LogP contribution is 2.24. The minimum atomic E-state index is -0.312. The van der Waals surface area contributed by atoms with Crippen LogP contribution in [0.15, 0.2) is 72.9 Å². The quantitative estimate of drug-likeness (QED) is 0.0773. The number of hydrogen-bond acceptors (Lipinski definition) is 3. The van der Waals surface area contributed by atoms with Crippen molar-refractivity contribution >= 4 is 11.8 Å². The van der Waals surface area contributed by atoms with Gasteiger partial charge in [-0.15, -0.1) is 0 Å². The summed E-state index contributed by atoms with van der Waals surface area (Å²) in [6, 6.07) is 20.5. The molecule has 0 unspecified atom stereocenters. The Labute approximate surface area is 270 Å². The molecule has 0 radical (unpaired) electrons. The van der Waals surface area contributed by atoms with E-state index in [1.807, 2.05) is 61.7 Å². The zero-order chi connectivity index (χ0) is 29.3. The van der Waals surface area contributed by atoms with Crippen LogP contribution < -0.4 is 33.3 Å². The molecule has 0 aliphatic carbocycles. The number of carbonyl (C=O) groups is 2. The maximum Gasteiger partial charge on any atom is 0.261 e. The third-order valence-electron chi connectivity index (χ3n) is 7.60. The first-order chi connectivity index (χ1) is 20.1. The van der Waals surface area contributed by atoms with Crippen molar-refractivity contribution in [2.24, 2.45) is 0 Å². The van der Waals surface area contributed by atoms with Crippen molar-refractivity contribution in [2.75, 3.05) is 6.61 Å². The Morgan fingerprint density at radius 2 is 1.36 bits per heavy atom. The minimum Gasteiger partial charge on any atom is -1.00 e. The number of nitrogens with zero attached hydrogens (tertiary/aromatic N) is 2. The summed E-state index contributed by atoms with van der Waals surface area (Å²) in [5, 5.41) is 0. The molecule has 3 aromatic rings. The van der Waals surface area contributed by atoms with Gasteiger partial charge >= 0.3 is 0 Å². The summed E-state index contributed by atoms with van der Waals surface area (Å²) in [6.07, 6.45) is 15.7. The van der Waals surface area contributed by atoms with Gasteiger partial charge in [0.2, 0.25) is 5.69 Å². The number of aromatic nitrogens is 1. The molecule has 0 aliphatic rings. The van der Waals surface area contributed by atoms with E-state index in [0.717, 1.165) is 37.1 Å². The summed E-state index contributed by atoms with van der Waals surface area (Å²) < 4.78 is 8.24. The van der Waals surface area contributed by atoms with Gasteiger partial charge in [0.05, 0.1) is 6.61 Å². The van der Waals surface area contributed by atoms with Gasteiger partial charge in [0, 0.05) is 35.2 Å². The molecule has 0 fully saturated rings. The van der Waals surface area contributed by atoms with E-state index in [0.29, 0.717) is 23.5 Å². The second kappa shape index (κ2) is 20.2. The number of aryl methyl sites for hydroxylation is 1. The van der Waals surface area contributed by atoms with Gasteiger partial charge in [-0.25, -0.2) is 4.57 Å². The Bertz CT molecular complexity index is 1220. The molecule has 0 aliphatic heterocycles. The molecule has 2 amide bonds. The molecule has 3 rings (SSSR count). The normalized spacial score (nSPS) is 10.6. The van der Waals surface area contributed by atoms with Crippen LogP contribution in [-0.2, 0) is 13.1 Å². The van der Waals surface area contributed by atoms with Crippen LogP contribution in [0.2, 0.25) is 0 Å².